The van der Waals surface area contributed by atoms with Gasteiger partial charge < -0.3 is 5.11 Å². The van der Waals surface area contributed by atoms with Crippen LogP contribution in [0.15, 0.2) is 0 Å². The summed E-state index contributed by atoms with van der Waals surface area (Å²) in [6, 6.07) is 0. The highest BCUT2D eigenvalue weighted by Gasteiger charge is 2.49. The Balaban J connectivity index is 0.000000177. The molecular formula is C20H38O. The highest BCUT2D eigenvalue weighted by molar-refractivity contribution is 4.99. The molecule has 4 rings (SSSR count). The maximum atomic E-state index is 9.78. The van der Waals surface area contributed by atoms with Crippen molar-refractivity contribution in [2.45, 2.75) is 97.5 Å². The van der Waals surface area contributed by atoms with Gasteiger partial charge in [0.05, 0.1) is 6.10 Å². The van der Waals surface area contributed by atoms with Gasteiger partial charge in [0.15, 0.2) is 0 Å². The molecule has 0 aliphatic heterocycles. The van der Waals surface area contributed by atoms with E-state index in [0.717, 1.165) is 23.7 Å². The highest BCUT2D eigenvalue weighted by Crippen LogP contribution is 2.57. The maximum absolute atomic E-state index is 9.78. The third kappa shape index (κ3) is 4.71. The summed E-state index contributed by atoms with van der Waals surface area (Å²) in [7, 11) is 0. The van der Waals surface area contributed by atoms with Gasteiger partial charge in [-0.2, -0.15) is 0 Å². The molecule has 0 aromatic rings. The van der Waals surface area contributed by atoms with Crippen LogP contribution in [-0.2, 0) is 0 Å². The van der Waals surface area contributed by atoms with Gasteiger partial charge >= 0.3 is 0 Å². The molecule has 0 aromatic carbocycles. The van der Waals surface area contributed by atoms with E-state index in [0.29, 0.717) is 5.92 Å². The number of unbranched alkanes of at least 4 members (excludes halogenated alkanes) is 5. The zero-order valence-electron chi connectivity index (χ0n) is 14.7. The molecular weight excluding hydrogens is 256 g/mol. The molecule has 0 radical (unpaired) electrons. The zero-order chi connectivity index (χ0) is 15.2. The Bertz CT molecular complexity index is 250. The Labute approximate surface area is 132 Å². The Kier molecular flexibility index (Phi) is 7.05. The van der Waals surface area contributed by atoms with Gasteiger partial charge in [0.2, 0.25) is 0 Å². The van der Waals surface area contributed by atoms with Gasteiger partial charge in [0.25, 0.3) is 0 Å². The van der Waals surface area contributed by atoms with E-state index in [4.69, 9.17) is 0 Å². The van der Waals surface area contributed by atoms with E-state index in [2.05, 4.69) is 13.8 Å². The van der Waals surface area contributed by atoms with Crippen molar-refractivity contribution in [3.05, 3.63) is 0 Å². The molecule has 124 valence electrons. The van der Waals surface area contributed by atoms with Crippen LogP contribution in [0.5, 0.6) is 0 Å². The van der Waals surface area contributed by atoms with Crippen molar-refractivity contribution in [2.75, 3.05) is 0 Å². The Morgan fingerprint density at radius 3 is 1.52 bits per heavy atom. The molecule has 4 fully saturated rings. The minimum Gasteiger partial charge on any atom is -0.393 e. The molecule has 1 unspecified atom stereocenters. The van der Waals surface area contributed by atoms with Crippen molar-refractivity contribution in [1.29, 1.82) is 0 Å². The van der Waals surface area contributed by atoms with Gasteiger partial charge in [0, 0.05) is 0 Å². The normalized spacial score (nSPS) is 38.0. The summed E-state index contributed by atoms with van der Waals surface area (Å²) >= 11 is 0. The lowest BCUT2D eigenvalue weighted by Gasteiger charge is -2.55. The number of aliphatic hydroxyl groups excluding tert-OH is 1. The van der Waals surface area contributed by atoms with Gasteiger partial charge in [-0.25, -0.2) is 0 Å². The van der Waals surface area contributed by atoms with Crippen LogP contribution >= 0.6 is 0 Å². The summed E-state index contributed by atoms with van der Waals surface area (Å²) in [6.45, 7) is 6.52. The van der Waals surface area contributed by atoms with Crippen molar-refractivity contribution in [2.24, 2.45) is 29.6 Å². The standard InChI is InChI=1S/C12H20O.C8H18/c1-7(13)12-10-3-8-2-9(5-10)6-11(12)4-8;1-3-5-7-8-6-4-2/h7-13H,2-6H2,1H3;3-8H2,1-2H3. The largest absolute Gasteiger partial charge is 0.393 e. The molecule has 4 saturated carbocycles. The average Bonchev–Trinajstić information content (AvgIpc) is 2.43. The fourth-order valence-electron chi connectivity index (χ4n) is 5.61. The van der Waals surface area contributed by atoms with E-state index in [1.165, 1.54) is 70.6 Å². The lowest BCUT2D eigenvalue weighted by atomic mass is 9.51. The summed E-state index contributed by atoms with van der Waals surface area (Å²) < 4.78 is 0. The summed E-state index contributed by atoms with van der Waals surface area (Å²) in [5.41, 5.74) is 0. The third-order valence-corrected chi connectivity index (χ3v) is 6.31. The Hall–Kier alpha value is -0.0400. The minimum atomic E-state index is -0.0463. The molecule has 0 heterocycles. The first-order chi connectivity index (χ1) is 10.2. The zero-order valence-corrected chi connectivity index (χ0v) is 14.7. The molecule has 0 saturated heterocycles. The summed E-state index contributed by atoms with van der Waals surface area (Å²) in [5.74, 6) is 4.51. The van der Waals surface area contributed by atoms with Crippen LogP contribution in [0, 0.1) is 29.6 Å². The molecule has 0 aromatic heterocycles. The fourth-order valence-corrected chi connectivity index (χ4v) is 5.61. The first-order valence-corrected chi connectivity index (χ1v) is 9.83. The number of rotatable bonds is 6. The van der Waals surface area contributed by atoms with Crippen LogP contribution in [0.25, 0.3) is 0 Å². The van der Waals surface area contributed by atoms with Crippen molar-refractivity contribution >= 4 is 0 Å². The second-order valence-corrected chi connectivity index (χ2v) is 8.16. The van der Waals surface area contributed by atoms with Crippen LogP contribution < -0.4 is 0 Å². The maximum Gasteiger partial charge on any atom is 0.0545 e. The predicted octanol–water partition coefficient (Wildman–Crippen LogP) is 5.81. The fraction of sp³-hybridized carbons (Fsp3) is 1.00. The molecule has 0 spiro atoms. The van der Waals surface area contributed by atoms with E-state index in [1.54, 1.807) is 0 Å². The molecule has 4 aliphatic carbocycles. The molecule has 0 amide bonds. The van der Waals surface area contributed by atoms with Gasteiger partial charge in [-0.1, -0.05) is 52.4 Å². The second kappa shape index (κ2) is 8.56. The summed E-state index contributed by atoms with van der Waals surface area (Å²) in [4.78, 5) is 0. The van der Waals surface area contributed by atoms with E-state index in [-0.39, 0.29) is 6.10 Å². The molecule has 1 heteroatoms. The summed E-state index contributed by atoms with van der Waals surface area (Å²) in [6.07, 6.45) is 15.7. The Morgan fingerprint density at radius 1 is 0.762 bits per heavy atom. The topological polar surface area (TPSA) is 20.2 Å². The minimum absolute atomic E-state index is 0.0463. The molecule has 4 aliphatic rings. The quantitative estimate of drug-likeness (QED) is 0.613. The SMILES string of the molecule is CC(O)C1C2CC3CC(C2)CC1C3.CCCCCCCC. The van der Waals surface area contributed by atoms with Crippen molar-refractivity contribution in [1.82, 2.24) is 0 Å². The highest BCUT2D eigenvalue weighted by atomic mass is 16.3. The number of hydrogen-bond donors (Lipinski definition) is 1. The molecule has 1 atom stereocenters. The molecule has 1 N–H and O–H groups in total. The van der Waals surface area contributed by atoms with E-state index < -0.39 is 0 Å². The second-order valence-electron chi connectivity index (χ2n) is 8.16. The van der Waals surface area contributed by atoms with Crippen LogP contribution in [0.1, 0.15) is 91.4 Å². The van der Waals surface area contributed by atoms with Crippen LogP contribution in [0.3, 0.4) is 0 Å². The average molecular weight is 295 g/mol. The van der Waals surface area contributed by atoms with Crippen molar-refractivity contribution < 1.29 is 5.11 Å². The first-order valence-electron chi connectivity index (χ1n) is 9.83. The monoisotopic (exact) mass is 294 g/mol. The van der Waals surface area contributed by atoms with Gasteiger partial charge in [-0.3, -0.25) is 0 Å². The summed E-state index contributed by atoms with van der Waals surface area (Å²) in [5, 5.41) is 9.78. The number of aliphatic hydroxyl groups is 1. The molecule has 1 nitrogen and oxygen atoms in total. The van der Waals surface area contributed by atoms with Gasteiger partial charge in [-0.15, -0.1) is 0 Å². The molecule has 4 bridgehead atoms. The third-order valence-electron chi connectivity index (χ3n) is 6.31. The van der Waals surface area contributed by atoms with Crippen LogP contribution in [-0.4, -0.2) is 11.2 Å². The van der Waals surface area contributed by atoms with Crippen molar-refractivity contribution in [3.8, 4) is 0 Å². The van der Waals surface area contributed by atoms with Gasteiger partial charge in [0.1, 0.15) is 0 Å². The lowest BCUT2D eigenvalue weighted by Crippen LogP contribution is -2.48. The van der Waals surface area contributed by atoms with Gasteiger partial charge in [-0.05, 0) is 68.6 Å². The predicted molar refractivity (Wildman–Crippen MR) is 91.3 cm³/mol. The number of hydrogen-bond acceptors (Lipinski definition) is 1. The lowest BCUT2D eigenvalue weighted by molar-refractivity contribution is -0.0838. The molecule has 21 heavy (non-hydrogen) atoms. The Morgan fingerprint density at radius 2 is 1.19 bits per heavy atom. The smallest absolute Gasteiger partial charge is 0.0545 e. The van der Waals surface area contributed by atoms with E-state index >= 15 is 0 Å². The van der Waals surface area contributed by atoms with Crippen molar-refractivity contribution in [3.63, 3.8) is 0 Å². The van der Waals surface area contributed by atoms with E-state index in [1.807, 2.05) is 6.92 Å². The first kappa shape index (κ1) is 17.3. The van der Waals surface area contributed by atoms with Crippen LogP contribution in [0.2, 0.25) is 0 Å². The van der Waals surface area contributed by atoms with E-state index in [9.17, 15) is 5.11 Å². The van der Waals surface area contributed by atoms with Crippen LogP contribution in [0.4, 0.5) is 0 Å².